The molecule has 4 atom stereocenters. The first-order valence-corrected chi connectivity index (χ1v) is 8.21. The Labute approximate surface area is 121 Å². The first-order valence-electron chi connectivity index (χ1n) is 8.21. The third kappa shape index (κ3) is 2.40. The van der Waals surface area contributed by atoms with Crippen molar-refractivity contribution in [3.8, 4) is 0 Å². The van der Waals surface area contributed by atoms with Gasteiger partial charge in [-0.15, -0.1) is 0 Å². The number of Topliss-reactive ketones (excluding diaryl/α,β-unsaturated/α-hetero) is 1. The second-order valence-electron chi connectivity index (χ2n) is 7.42. The Balaban J connectivity index is 1.66. The number of hydrogen-bond acceptors (Lipinski definition) is 3. The Kier molecular flexibility index (Phi) is 3.64. The van der Waals surface area contributed by atoms with Gasteiger partial charge in [0.15, 0.2) is 0 Å². The molecule has 112 valence electrons. The average molecular weight is 278 g/mol. The van der Waals surface area contributed by atoms with Gasteiger partial charge in [-0.25, -0.2) is 0 Å². The number of carbonyl (C=O) groups excluding carboxylic acids is 2. The zero-order valence-corrected chi connectivity index (χ0v) is 12.7. The topological polar surface area (TPSA) is 43.4 Å². The summed E-state index contributed by atoms with van der Waals surface area (Å²) in [7, 11) is 0. The Morgan fingerprint density at radius 3 is 2.80 bits per heavy atom. The van der Waals surface area contributed by atoms with Crippen LogP contribution < -0.4 is 0 Å². The highest BCUT2D eigenvalue weighted by Crippen LogP contribution is 2.56. The molecule has 0 saturated heterocycles. The fourth-order valence-corrected chi connectivity index (χ4v) is 4.57. The lowest BCUT2D eigenvalue weighted by molar-refractivity contribution is -0.153. The SMILES string of the molecule is C[C@H](C(=O)OCC1CC1)[C@H]1CC[C@H]2C(=O)CCC[C@]12C. The van der Waals surface area contributed by atoms with E-state index in [-0.39, 0.29) is 23.2 Å². The van der Waals surface area contributed by atoms with E-state index in [0.29, 0.717) is 24.2 Å². The molecule has 3 nitrogen and oxygen atoms in total. The maximum atomic E-state index is 12.3. The molecule has 0 aliphatic heterocycles. The van der Waals surface area contributed by atoms with Crippen LogP contribution in [0.2, 0.25) is 0 Å². The van der Waals surface area contributed by atoms with Crippen LogP contribution in [-0.2, 0) is 14.3 Å². The molecule has 3 saturated carbocycles. The zero-order chi connectivity index (χ0) is 14.3. The van der Waals surface area contributed by atoms with Gasteiger partial charge in [-0.05, 0) is 55.8 Å². The van der Waals surface area contributed by atoms with Crippen LogP contribution in [-0.4, -0.2) is 18.4 Å². The Hall–Kier alpha value is -0.860. The van der Waals surface area contributed by atoms with Gasteiger partial charge in [-0.3, -0.25) is 9.59 Å². The molecule has 3 aliphatic carbocycles. The summed E-state index contributed by atoms with van der Waals surface area (Å²) >= 11 is 0. The van der Waals surface area contributed by atoms with Gasteiger partial charge in [0.25, 0.3) is 0 Å². The first kappa shape index (κ1) is 14.1. The number of esters is 1. The predicted octanol–water partition coefficient (Wildman–Crippen LogP) is 3.36. The van der Waals surface area contributed by atoms with E-state index in [2.05, 4.69) is 6.92 Å². The largest absolute Gasteiger partial charge is 0.465 e. The van der Waals surface area contributed by atoms with Crippen LogP contribution in [0.5, 0.6) is 0 Å². The van der Waals surface area contributed by atoms with Crippen molar-refractivity contribution in [1.82, 2.24) is 0 Å². The Bertz CT molecular complexity index is 412. The van der Waals surface area contributed by atoms with Crippen molar-refractivity contribution in [2.24, 2.45) is 29.1 Å². The molecule has 3 rings (SSSR count). The van der Waals surface area contributed by atoms with Crippen LogP contribution in [0.4, 0.5) is 0 Å². The molecule has 20 heavy (non-hydrogen) atoms. The molecule has 0 aromatic carbocycles. The second kappa shape index (κ2) is 5.16. The van der Waals surface area contributed by atoms with Gasteiger partial charge in [0.05, 0.1) is 12.5 Å². The maximum Gasteiger partial charge on any atom is 0.308 e. The molecule has 0 N–H and O–H groups in total. The fourth-order valence-electron chi connectivity index (χ4n) is 4.57. The van der Waals surface area contributed by atoms with E-state index in [9.17, 15) is 9.59 Å². The highest BCUT2D eigenvalue weighted by molar-refractivity contribution is 5.83. The van der Waals surface area contributed by atoms with Gasteiger partial charge < -0.3 is 4.74 Å². The molecule has 3 aliphatic rings. The van der Waals surface area contributed by atoms with Crippen LogP contribution in [0.1, 0.15) is 58.8 Å². The quantitative estimate of drug-likeness (QED) is 0.741. The molecule has 0 aromatic heterocycles. The third-order valence-electron chi connectivity index (χ3n) is 6.07. The molecule has 0 amide bonds. The van der Waals surface area contributed by atoms with Gasteiger partial charge in [-0.1, -0.05) is 13.8 Å². The van der Waals surface area contributed by atoms with Crippen LogP contribution in [0, 0.1) is 29.1 Å². The monoisotopic (exact) mass is 278 g/mol. The van der Waals surface area contributed by atoms with E-state index in [1.54, 1.807) is 0 Å². The molecule has 0 heterocycles. The van der Waals surface area contributed by atoms with Gasteiger partial charge in [0.1, 0.15) is 5.78 Å². The van der Waals surface area contributed by atoms with E-state index in [4.69, 9.17) is 4.74 Å². The highest BCUT2D eigenvalue weighted by atomic mass is 16.5. The minimum Gasteiger partial charge on any atom is -0.465 e. The van der Waals surface area contributed by atoms with Crippen molar-refractivity contribution in [2.45, 2.75) is 58.8 Å². The smallest absolute Gasteiger partial charge is 0.308 e. The molecule has 3 fully saturated rings. The number of ether oxygens (including phenoxy) is 1. The number of ketones is 1. The van der Waals surface area contributed by atoms with Gasteiger partial charge in [0, 0.05) is 12.3 Å². The van der Waals surface area contributed by atoms with Crippen molar-refractivity contribution in [3.63, 3.8) is 0 Å². The summed E-state index contributed by atoms with van der Waals surface area (Å²) in [5.74, 6) is 1.47. The molecular formula is C17H26O3. The summed E-state index contributed by atoms with van der Waals surface area (Å²) in [6.45, 7) is 4.85. The summed E-state index contributed by atoms with van der Waals surface area (Å²) < 4.78 is 5.47. The predicted molar refractivity (Wildman–Crippen MR) is 76.0 cm³/mol. The number of fused-ring (bicyclic) bond motifs is 1. The molecular weight excluding hydrogens is 252 g/mol. The van der Waals surface area contributed by atoms with E-state index in [1.807, 2.05) is 6.92 Å². The summed E-state index contributed by atoms with van der Waals surface area (Å²) in [5, 5.41) is 0. The van der Waals surface area contributed by atoms with Crippen molar-refractivity contribution < 1.29 is 14.3 Å². The fraction of sp³-hybridized carbons (Fsp3) is 0.882. The zero-order valence-electron chi connectivity index (χ0n) is 12.7. The van der Waals surface area contributed by atoms with Crippen LogP contribution in [0.3, 0.4) is 0 Å². The molecule has 0 aromatic rings. The molecule has 3 heteroatoms. The Morgan fingerprint density at radius 1 is 1.35 bits per heavy atom. The van der Waals surface area contributed by atoms with Crippen LogP contribution in [0.25, 0.3) is 0 Å². The van der Waals surface area contributed by atoms with Gasteiger partial charge >= 0.3 is 5.97 Å². The van der Waals surface area contributed by atoms with Crippen molar-refractivity contribution in [3.05, 3.63) is 0 Å². The van der Waals surface area contributed by atoms with Gasteiger partial charge in [-0.2, -0.15) is 0 Å². The van der Waals surface area contributed by atoms with Crippen molar-refractivity contribution >= 4 is 11.8 Å². The Morgan fingerprint density at radius 2 is 2.10 bits per heavy atom. The summed E-state index contributed by atoms with van der Waals surface area (Å²) in [6.07, 6.45) is 7.22. The average Bonchev–Trinajstić information content (AvgIpc) is 3.17. The number of carbonyl (C=O) groups is 2. The normalized spacial score (nSPS) is 38.4. The van der Waals surface area contributed by atoms with Crippen molar-refractivity contribution in [2.75, 3.05) is 6.61 Å². The third-order valence-corrected chi connectivity index (χ3v) is 6.07. The maximum absolute atomic E-state index is 12.3. The molecule has 0 bridgehead atoms. The van der Waals surface area contributed by atoms with Crippen LogP contribution >= 0.6 is 0 Å². The molecule has 0 radical (unpaired) electrons. The minimum absolute atomic E-state index is 0.0351. The first-order chi connectivity index (χ1) is 9.52. The highest BCUT2D eigenvalue weighted by Gasteiger charge is 2.53. The van der Waals surface area contributed by atoms with E-state index < -0.39 is 0 Å². The van der Waals surface area contributed by atoms with E-state index >= 15 is 0 Å². The van der Waals surface area contributed by atoms with Crippen molar-refractivity contribution in [1.29, 1.82) is 0 Å². The minimum atomic E-state index is -0.0605. The summed E-state index contributed by atoms with van der Waals surface area (Å²) in [6, 6.07) is 0. The number of hydrogen-bond donors (Lipinski definition) is 0. The standard InChI is InChI=1S/C17H26O3/c1-11(16(19)20-10-12-5-6-12)13-7-8-14-15(18)4-3-9-17(13,14)2/h11-14H,3-10H2,1-2H3/t11-,13+,14-,17+/m0/s1. The molecule has 0 unspecified atom stereocenters. The second-order valence-corrected chi connectivity index (χ2v) is 7.42. The molecule has 0 spiro atoms. The van der Waals surface area contributed by atoms with E-state index in [0.717, 1.165) is 32.1 Å². The van der Waals surface area contributed by atoms with Gasteiger partial charge in [0.2, 0.25) is 0 Å². The lowest BCUT2D eigenvalue weighted by atomic mass is 9.62. The number of rotatable bonds is 4. The lowest BCUT2D eigenvalue weighted by Gasteiger charge is -2.41. The van der Waals surface area contributed by atoms with E-state index in [1.165, 1.54) is 12.8 Å². The van der Waals surface area contributed by atoms with Crippen LogP contribution in [0.15, 0.2) is 0 Å². The summed E-state index contributed by atoms with van der Waals surface area (Å²) in [4.78, 5) is 24.4. The summed E-state index contributed by atoms with van der Waals surface area (Å²) in [5.41, 5.74) is 0.0351. The lowest BCUT2D eigenvalue weighted by Crippen LogP contribution is -2.41.